The molecule has 1 aliphatic rings. The lowest BCUT2D eigenvalue weighted by molar-refractivity contribution is -0.115. The summed E-state index contributed by atoms with van der Waals surface area (Å²) in [7, 11) is 0. The van der Waals surface area contributed by atoms with Crippen LogP contribution in [-0.2, 0) is 24.2 Å². The first kappa shape index (κ1) is 17.4. The third-order valence-corrected chi connectivity index (χ3v) is 6.01. The lowest BCUT2D eigenvalue weighted by Crippen LogP contribution is -2.18. The number of carbonyl (C=O) groups is 1. The van der Waals surface area contributed by atoms with Gasteiger partial charge in [0.15, 0.2) is 5.82 Å². The molecule has 2 aromatic carbocycles. The van der Waals surface area contributed by atoms with Crippen LogP contribution in [0.2, 0.25) is 5.02 Å². The Morgan fingerprint density at radius 1 is 1.21 bits per heavy atom. The molecule has 2 aromatic heterocycles. The van der Waals surface area contributed by atoms with Crippen molar-refractivity contribution in [1.29, 1.82) is 0 Å². The van der Waals surface area contributed by atoms with Crippen molar-refractivity contribution in [3.8, 4) is 11.4 Å². The molecule has 0 fully saturated rings. The predicted octanol–water partition coefficient (Wildman–Crippen LogP) is 4.94. The van der Waals surface area contributed by atoms with Crippen LogP contribution in [0, 0.1) is 0 Å². The molecule has 3 heterocycles. The number of aryl methyl sites for hydroxylation is 2. The minimum atomic E-state index is -0.0898. The summed E-state index contributed by atoms with van der Waals surface area (Å²) in [6, 6.07) is 15.9. The molecular weight excluding hydrogens is 392 g/mol. The van der Waals surface area contributed by atoms with Crippen molar-refractivity contribution in [2.45, 2.75) is 25.8 Å². The summed E-state index contributed by atoms with van der Waals surface area (Å²) in [5.41, 5.74) is 4.43. The summed E-state index contributed by atoms with van der Waals surface area (Å²) >= 11 is 7.37. The van der Waals surface area contributed by atoms with Gasteiger partial charge in [0.25, 0.3) is 0 Å². The van der Waals surface area contributed by atoms with Crippen molar-refractivity contribution in [3.05, 3.63) is 64.8 Å². The molecule has 4 aromatic rings. The van der Waals surface area contributed by atoms with Crippen LogP contribution in [0.1, 0.15) is 17.7 Å². The Morgan fingerprint density at radius 3 is 3.00 bits per heavy atom. The van der Waals surface area contributed by atoms with E-state index in [2.05, 4.69) is 43.5 Å². The van der Waals surface area contributed by atoms with Crippen LogP contribution in [0.3, 0.4) is 0 Å². The first-order chi connectivity index (χ1) is 13.7. The van der Waals surface area contributed by atoms with Crippen molar-refractivity contribution < 1.29 is 4.79 Å². The molecule has 0 atom stereocenters. The summed E-state index contributed by atoms with van der Waals surface area (Å²) in [5, 5.41) is 5.16. The van der Waals surface area contributed by atoms with E-state index >= 15 is 0 Å². The normalized spacial score (nSPS) is 13.0. The van der Waals surface area contributed by atoms with Gasteiger partial charge in [-0.25, -0.2) is 0 Å². The molecule has 1 aliphatic heterocycles. The van der Waals surface area contributed by atoms with Gasteiger partial charge in [0, 0.05) is 34.7 Å². The third kappa shape index (κ3) is 3.08. The quantitative estimate of drug-likeness (QED) is 0.520. The van der Waals surface area contributed by atoms with Gasteiger partial charge in [0.05, 0.1) is 17.0 Å². The molecule has 0 unspecified atom stereocenters. The molecule has 0 aliphatic carbocycles. The Labute approximate surface area is 171 Å². The summed E-state index contributed by atoms with van der Waals surface area (Å²) in [5.74, 6) is 0.437. The second kappa shape index (κ2) is 7.04. The van der Waals surface area contributed by atoms with Crippen LogP contribution in [-0.4, -0.2) is 19.8 Å². The van der Waals surface area contributed by atoms with E-state index in [1.54, 1.807) is 6.07 Å². The Hall–Kier alpha value is -2.70. The van der Waals surface area contributed by atoms with E-state index < -0.39 is 0 Å². The maximum absolute atomic E-state index is 12.6. The molecule has 1 amide bonds. The molecular formula is C21H17ClN4OS. The number of aromatic nitrogens is 3. The number of halogens is 1. The van der Waals surface area contributed by atoms with Gasteiger partial charge in [-0.05, 0) is 36.6 Å². The Kier molecular flexibility index (Phi) is 4.37. The van der Waals surface area contributed by atoms with Crippen LogP contribution < -0.4 is 5.32 Å². The van der Waals surface area contributed by atoms with E-state index in [1.807, 2.05) is 18.2 Å². The van der Waals surface area contributed by atoms with E-state index in [-0.39, 0.29) is 5.91 Å². The molecule has 0 radical (unpaired) electrons. The number of nitrogens with zero attached hydrogens (tertiary/aromatic N) is 3. The van der Waals surface area contributed by atoms with Crippen molar-refractivity contribution in [1.82, 2.24) is 13.9 Å². The van der Waals surface area contributed by atoms with Crippen molar-refractivity contribution in [3.63, 3.8) is 0 Å². The largest absolute Gasteiger partial charge is 0.344 e. The van der Waals surface area contributed by atoms with E-state index in [9.17, 15) is 4.79 Å². The highest BCUT2D eigenvalue weighted by molar-refractivity contribution is 7.10. The molecule has 28 heavy (non-hydrogen) atoms. The average molecular weight is 409 g/mol. The second-order valence-electron chi connectivity index (χ2n) is 6.87. The Balaban J connectivity index is 1.36. The molecule has 0 bridgehead atoms. The van der Waals surface area contributed by atoms with Gasteiger partial charge < -0.3 is 9.88 Å². The monoisotopic (exact) mass is 408 g/mol. The first-order valence-electron chi connectivity index (χ1n) is 9.17. The van der Waals surface area contributed by atoms with Gasteiger partial charge in [0.2, 0.25) is 11.0 Å². The number of hydrogen-bond donors (Lipinski definition) is 1. The Morgan fingerprint density at radius 2 is 2.11 bits per heavy atom. The lowest BCUT2D eigenvalue weighted by atomic mass is 10.0. The number of carbonyl (C=O) groups excluding carboxylic acids is 1. The van der Waals surface area contributed by atoms with Gasteiger partial charge in [-0.1, -0.05) is 41.9 Å². The van der Waals surface area contributed by atoms with E-state index in [1.165, 1.54) is 16.5 Å². The predicted molar refractivity (Wildman–Crippen MR) is 113 cm³/mol. The highest BCUT2D eigenvalue weighted by Crippen LogP contribution is 2.30. The molecule has 140 valence electrons. The van der Waals surface area contributed by atoms with Gasteiger partial charge >= 0.3 is 0 Å². The van der Waals surface area contributed by atoms with Crippen molar-refractivity contribution in [2.75, 3.05) is 5.32 Å². The van der Waals surface area contributed by atoms with Crippen LogP contribution in [0.5, 0.6) is 0 Å². The van der Waals surface area contributed by atoms with E-state index in [0.717, 1.165) is 42.2 Å². The van der Waals surface area contributed by atoms with E-state index in [0.29, 0.717) is 22.4 Å². The molecule has 1 N–H and O–H groups in total. The first-order valence-corrected chi connectivity index (χ1v) is 10.3. The topological polar surface area (TPSA) is 59.8 Å². The minimum absolute atomic E-state index is 0.0898. The van der Waals surface area contributed by atoms with Crippen molar-refractivity contribution >= 4 is 45.1 Å². The number of hydrogen-bond acceptors (Lipinski definition) is 4. The maximum atomic E-state index is 12.6. The van der Waals surface area contributed by atoms with Crippen LogP contribution in [0.25, 0.3) is 22.3 Å². The standard InChI is InChI=1S/C21H17ClN4OS/c22-17-9-2-1-8-16(17)20-24-21(28-25-20)23-18(27)12-15-11-14-6-3-5-13-7-4-10-26(15)19(13)14/h1-3,5-6,8-9,11H,4,7,10,12H2,(H,23,24,25,27). The number of benzene rings is 2. The number of rotatable bonds is 4. The van der Waals surface area contributed by atoms with Gasteiger partial charge in [0.1, 0.15) is 0 Å². The average Bonchev–Trinajstić information content (AvgIpc) is 3.29. The molecule has 7 heteroatoms. The zero-order valence-corrected chi connectivity index (χ0v) is 16.6. The number of nitrogens with one attached hydrogen (secondary N) is 1. The van der Waals surface area contributed by atoms with Crippen LogP contribution >= 0.6 is 23.1 Å². The fourth-order valence-corrected chi connectivity index (χ4v) is 4.66. The SMILES string of the molecule is O=C(Cc1cc2cccc3c2n1CCC3)Nc1nc(-c2ccccc2Cl)ns1. The fourth-order valence-electron chi connectivity index (χ4n) is 3.84. The lowest BCUT2D eigenvalue weighted by Gasteiger charge is -2.17. The minimum Gasteiger partial charge on any atom is -0.344 e. The number of amides is 1. The second-order valence-corrected chi connectivity index (χ2v) is 8.03. The number of para-hydroxylation sites is 1. The van der Waals surface area contributed by atoms with E-state index in [4.69, 9.17) is 11.6 Å². The van der Waals surface area contributed by atoms with Crippen LogP contribution in [0.15, 0.2) is 48.5 Å². The van der Waals surface area contributed by atoms with Crippen LogP contribution in [0.4, 0.5) is 5.13 Å². The molecule has 5 nitrogen and oxygen atoms in total. The third-order valence-electron chi connectivity index (χ3n) is 5.05. The van der Waals surface area contributed by atoms with Gasteiger partial charge in [-0.15, -0.1) is 0 Å². The smallest absolute Gasteiger partial charge is 0.232 e. The van der Waals surface area contributed by atoms with Crippen molar-refractivity contribution in [2.24, 2.45) is 0 Å². The highest BCUT2D eigenvalue weighted by Gasteiger charge is 2.19. The van der Waals surface area contributed by atoms with Gasteiger partial charge in [-0.2, -0.15) is 9.36 Å². The molecule has 0 saturated heterocycles. The highest BCUT2D eigenvalue weighted by atomic mass is 35.5. The zero-order valence-electron chi connectivity index (χ0n) is 15.0. The number of anilines is 1. The molecule has 0 saturated carbocycles. The molecule has 5 rings (SSSR count). The summed E-state index contributed by atoms with van der Waals surface area (Å²) in [6.45, 7) is 0.957. The summed E-state index contributed by atoms with van der Waals surface area (Å²) < 4.78 is 6.60. The Bertz CT molecular complexity index is 1200. The maximum Gasteiger partial charge on any atom is 0.232 e. The van der Waals surface area contributed by atoms with Gasteiger partial charge in [-0.3, -0.25) is 4.79 Å². The molecule has 0 spiro atoms. The summed E-state index contributed by atoms with van der Waals surface area (Å²) in [6.07, 6.45) is 2.52. The summed E-state index contributed by atoms with van der Waals surface area (Å²) in [4.78, 5) is 17.0. The zero-order chi connectivity index (χ0) is 19.1. The fraction of sp³-hybridized carbons (Fsp3) is 0.190.